The van der Waals surface area contributed by atoms with Crippen LogP contribution in [0.3, 0.4) is 0 Å². The van der Waals surface area contributed by atoms with Gasteiger partial charge >= 0.3 is 24.0 Å². The van der Waals surface area contributed by atoms with Crippen LogP contribution in [0.15, 0.2) is 64.3 Å². The summed E-state index contributed by atoms with van der Waals surface area (Å²) < 4.78 is 36.8. The lowest BCUT2D eigenvalue weighted by atomic mass is 9.44. The molecule has 8 rings (SSSR count). The zero-order chi connectivity index (χ0) is 49.6. The normalized spacial score (nSPS) is 33.2. The maximum Gasteiger partial charge on any atom is 0.410 e. The van der Waals surface area contributed by atoms with Crippen molar-refractivity contribution in [1.82, 2.24) is 15.1 Å². The number of esters is 3. The molecule has 2 bridgehead atoms. The van der Waals surface area contributed by atoms with Crippen molar-refractivity contribution in [3.05, 3.63) is 71.2 Å². The maximum absolute atomic E-state index is 16.1. The molecule has 1 aromatic heterocycles. The van der Waals surface area contributed by atoms with Gasteiger partial charge in [-0.25, -0.2) is 14.4 Å². The first kappa shape index (κ1) is 50.3. The van der Waals surface area contributed by atoms with Gasteiger partial charge in [0, 0.05) is 57.3 Å². The number of carbonyl (C=O) groups excluding carboxylic acids is 6. The van der Waals surface area contributed by atoms with Gasteiger partial charge in [-0.05, 0) is 75.1 Å². The van der Waals surface area contributed by atoms with Gasteiger partial charge in [0.1, 0.15) is 35.7 Å². The number of aliphatic hydroxyl groups is 3. The first-order valence-corrected chi connectivity index (χ1v) is 24.4. The highest BCUT2D eigenvalue weighted by Crippen LogP contribution is 2.64. The highest BCUT2D eigenvalue weighted by Gasteiger charge is 2.78. The largest absolute Gasteiger partial charge is 0.467 e. The third-order valence-electron chi connectivity index (χ3n) is 16.2. The van der Waals surface area contributed by atoms with Gasteiger partial charge in [0.05, 0.1) is 35.9 Å². The molecule has 0 radical (unpaired) electrons. The van der Waals surface area contributed by atoms with Crippen molar-refractivity contribution in [2.45, 2.75) is 147 Å². The number of benzene rings is 1. The van der Waals surface area contributed by atoms with E-state index in [0.717, 1.165) is 32.2 Å². The number of hydrogen-bond acceptors (Lipinski definition) is 16. The number of carbonyl (C=O) groups is 6. The minimum absolute atomic E-state index is 0.0147. The summed E-state index contributed by atoms with van der Waals surface area (Å²) in [6.07, 6.45) is -5.23. The molecule has 376 valence electrons. The summed E-state index contributed by atoms with van der Waals surface area (Å²) in [5, 5.41) is 41.0. The zero-order valence-electron chi connectivity index (χ0n) is 40.3. The Bertz CT molecular complexity index is 2290. The average Bonchev–Trinajstić information content (AvgIpc) is 3.87. The van der Waals surface area contributed by atoms with E-state index >= 15 is 4.79 Å². The van der Waals surface area contributed by atoms with Gasteiger partial charge in [-0.3, -0.25) is 19.3 Å². The second-order valence-corrected chi connectivity index (χ2v) is 20.6. The van der Waals surface area contributed by atoms with Gasteiger partial charge in [0.2, 0.25) is 5.91 Å². The number of hydrogen-bond donors (Lipinski definition) is 4. The first-order chi connectivity index (χ1) is 32.8. The number of piperazine rings is 1. The number of amides is 2. The second-order valence-electron chi connectivity index (χ2n) is 20.6. The van der Waals surface area contributed by atoms with Crippen molar-refractivity contribution in [3.63, 3.8) is 0 Å². The van der Waals surface area contributed by atoms with Crippen molar-refractivity contribution in [1.29, 1.82) is 0 Å². The lowest BCUT2D eigenvalue weighted by Gasteiger charge is -2.67. The molecule has 18 heteroatoms. The Labute approximate surface area is 402 Å². The van der Waals surface area contributed by atoms with E-state index < -0.39 is 107 Å². The molecule has 4 N–H and O–H groups in total. The minimum Gasteiger partial charge on any atom is -0.467 e. The van der Waals surface area contributed by atoms with E-state index in [4.69, 9.17) is 28.1 Å². The molecule has 69 heavy (non-hydrogen) atoms. The highest BCUT2D eigenvalue weighted by atomic mass is 16.6. The standard InChI is InChI=1S/C51H67N3O15/c1-7-20-53-21-23-54(24-22-53)47(62)67-40-37-29(2)34(66-46(61)39(57)38(33-19-14-25-64-33)52-44(59)31-15-10-8-11-16-31)27-51(63,48(37,4)5)43(68-45(60)32-17-12-9-13-18-32)41-49(6,42(40)58)35(56)26-36-50(41,28-65-36)69-30(3)55/h9,12-14,17-19,25,31,34-36,38-41,43,56-57,63H,7-8,10-11,15-16,20-24,26-28H2,1-6H3,(H,52,59)/t34-,35-,36+,38+,39+,40+,41?,43?,49+,50-,51+/m0/s1. The Morgan fingerprint density at radius 2 is 1.64 bits per heavy atom. The number of Topliss-reactive ketones (excluding diaryl/α,β-unsaturated/α-hetero) is 1. The van der Waals surface area contributed by atoms with E-state index in [1.165, 1.54) is 43.2 Å². The van der Waals surface area contributed by atoms with Crippen molar-refractivity contribution in [2.75, 3.05) is 39.3 Å². The average molecular weight is 962 g/mol. The molecule has 2 saturated heterocycles. The monoisotopic (exact) mass is 961 g/mol. The van der Waals surface area contributed by atoms with Crippen molar-refractivity contribution < 1.29 is 72.2 Å². The Kier molecular flexibility index (Phi) is 14.3. The topological polar surface area (TPSA) is 241 Å². The molecule has 2 unspecified atom stereocenters. The van der Waals surface area contributed by atoms with Crippen LogP contribution < -0.4 is 5.32 Å². The molecule has 2 aromatic rings. The summed E-state index contributed by atoms with van der Waals surface area (Å²) in [7, 11) is 0. The number of ether oxygens (including phenoxy) is 5. The van der Waals surface area contributed by atoms with Crippen LogP contribution in [0.4, 0.5) is 4.79 Å². The van der Waals surface area contributed by atoms with E-state index in [9.17, 15) is 39.3 Å². The highest BCUT2D eigenvalue weighted by molar-refractivity contribution is 5.96. The summed E-state index contributed by atoms with van der Waals surface area (Å²) in [6, 6.07) is 9.59. The lowest BCUT2D eigenvalue weighted by molar-refractivity contribution is -0.345. The number of fused-ring (bicyclic) bond motifs is 5. The fraction of sp³-hybridized carbons (Fsp3) is 0.647. The van der Waals surface area contributed by atoms with Crippen LogP contribution in [0, 0.1) is 22.7 Å². The Balaban J connectivity index is 1.26. The fourth-order valence-corrected chi connectivity index (χ4v) is 12.3. The number of aliphatic hydroxyl groups excluding tert-OH is 2. The number of nitrogens with one attached hydrogen (secondary N) is 1. The van der Waals surface area contributed by atoms with E-state index in [1.807, 2.05) is 0 Å². The zero-order valence-corrected chi connectivity index (χ0v) is 40.3. The Morgan fingerprint density at radius 1 is 0.942 bits per heavy atom. The van der Waals surface area contributed by atoms with Crippen LogP contribution in [0.5, 0.6) is 0 Å². The molecule has 6 aliphatic rings. The van der Waals surface area contributed by atoms with Crippen LogP contribution in [-0.2, 0) is 42.9 Å². The Hall–Kier alpha value is -5.14. The van der Waals surface area contributed by atoms with E-state index in [1.54, 1.807) is 45.0 Å². The summed E-state index contributed by atoms with van der Waals surface area (Å²) >= 11 is 0. The molecule has 5 fully saturated rings. The van der Waals surface area contributed by atoms with Crippen LogP contribution in [0.25, 0.3) is 0 Å². The van der Waals surface area contributed by atoms with Gasteiger partial charge in [0.25, 0.3) is 0 Å². The van der Waals surface area contributed by atoms with Gasteiger partial charge in [-0.2, -0.15) is 0 Å². The molecule has 3 saturated carbocycles. The van der Waals surface area contributed by atoms with Crippen LogP contribution in [-0.4, -0.2) is 148 Å². The third kappa shape index (κ3) is 8.89. The maximum atomic E-state index is 16.1. The summed E-state index contributed by atoms with van der Waals surface area (Å²) in [5.74, 6) is -5.97. The second kappa shape index (κ2) is 19.6. The number of rotatable bonds is 12. The minimum atomic E-state index is -2.41. The molecular weight excluding hydrogens is 895 g/mol. The van der Waals surface area contributed by atoms with E-state index in [2.05, 4.69) is 17.1 Å². The van der Waals surface area contributed by atoms with Crippen LogP contribution in [0.1, 0.15) is 115 Å². The van der Waals surface area contributed by atoms with E-state index in [-0.39, 0.29) is 60.4 Å². The van der Waals surface area contributed by atoms with Gasteiger partial charge in [0.15, 0.2) is 23.6 Å². The van der Waals surface area contributed by atoms with E-state index in [0.29, 0.717) is 25.9 Å². The Morgan fingerprint density at radius 3 is 2.25 bits per heavy atom. The van der Waals surface area contributed by atoms with Crippen LogP contribution >= 0.6 is 0 Å². The van der Waals surface area contributed by atoms with Crippen molar-refractivity contribution in [3.8, 4) is 0 Å². The quantitative estimate of drug-likeness (QED) is 0.132. The van der Waals surface area contributed by atoms with Gasteiger partial charge < -0.3 is 53.6 Å². The third-order valence-corrected chi connectivity index (χ3v) is 16.2. The number of nitrogens with zero attached hydrogens (tertiary/aromatic N) is 2. The summed E-state index contributed by atoms with van der Waals surface area (Å²) in [6.45, 7) is 11.6. The molecule has 1 aromatic carbocycles. The molecule has 2 amide bonds. The molecule has 2 aliphatic heterocycles. The van der Waals surface area contributed by atoms with Crippen LogP contribution in [0.2, 0.25) is 0 Å². The number of ketones is 1. The van der Waals surface area contributed by atoms with Crippen molar-refractivity contribution in [2.24, 2.45) is 22.7 Å². The molecule has 11 atom stereocenters. The molecule has 0 spiro atoms. The predicted molar refractivity (Wildman–Crippen MR) is 244 cm³/mol. The first-order valence-electron chi connectivity index (χ1n) is 24.4. The fourth-order valence-electron chi connectivity index (χ4n) is 12.3. The molecule has 4 aliphatic carbocycles. The SMILES string of the molecule is CCCN1CCN(C(=O)O[C@H]2C(=O)[C@@]3(C)C(C(OC(=O)c4ccccc4)[C@]4(O)C[C@H](OC(=O)[C@H](O)[C@H](NC(=O)C5CCCCC5)c5ccco5)C(C)=C2C4(C)C)[C@]2(OC(C)=O)CO[C@@H]2C[C@@H]3O)CC1. The summed E-state index contributed by atoms with van der Waals surface area (Å²) in [4.78, 5) is 90.0. The lowest BCUT2D eigenvalue weighted by Crippen LogP contribution is -2.82. The summed E-state index contributed by atoms with van der Waals surface area (Å²) in [5.41, 5.74) is -7.70. The van der Waals surface area contributed by atoms with Gasteiger partial charge in [-0.1, -0.05) is 58.2 Å². The van der Waals surface area contributed by atoms with Crippen molar-refractivity contribution >= 4 is 35.7 Å². The smallest absolute Gasteiger partial charge is 0.410 e. The van der Waals surface area contributed by atoms with Gasteiger partial charge in [-0.15, -0.1) is 0 Å². The molecule has 18 nitrogen and oxygen atoms in total. The molecular formula is C51H67N3O15. The number of furan rings is 1. The predicted octanol–water partition coefficient (Wildman–Crippen LogP) is 4.20. The molecule has 3 heterocycles.